The molecule has 1 aliphatic rings. The SMILES string of the molecule is CC(C)c1cc(Oc2[c-]c3c(cc2)c2cc(C(C)(C)C)ccc2n3-c2cc(C(C)(C)C)ccn2)[c-]c(C2=N[C@](C)(C(c3ccccc3)c3ccccc3)[C@@](C)(C(C)C)O2)c1.[Pt+2]. The largest absolute Gasteiger partial charge is 2.00 e. The van der Waals surface area contributed by atoms with Gasteiger partial charge in [0.05, 0.1) is 0 Å². The summed E-state index contributed by atoms with van der Waals surface area (Å²) in [5.41, 5.74) is 7.44. The number of hydrogen-bond donors (Lipinski definition) is 0. The van der Waals surface area contributed by atoms with Crippen molar-refractivity contribution in [3.63, 3.8) is 0 Å². The smallest absolute Gasteiger partial charge is 0.511 e. The molecule has 8 rings (SSSR count). The fourth-order valence-electron chi connectivity index (χ4n) is 8.83. The van der Waals surface area contributed by atoms with Crippen molar-refractivity contribution in [3.8, 4) is 17.3 Å². The fourth-order valence-corrected chi connectivity index (χ4v) is 8.83. The molecule has 2 aromatic heterocycles. The zero-order valence-electron chi connectivity index (χ0n) is 37.8. The van der Waals surface area contributed by atoms with Crippen LogP contribution in [0.4, 0.5) is 0 Å². The average Bonchev–Trinajstić information content (AvgIpc) is 3.69. The number of aliphatic imine (C=N–C) groups is 1. The molecule has 6 heteroatoms. The zero-order valence-corrected chi connectivity index (χ0v) is 40.0. The van der Waals surface area contributed by atoms with Gasteiger partial charge in [0, 0.05) is 29.1 Å². The minimum Gasteiger partial charge on any atom is -0.511 e. The van der Waals surface area contributed by atoms with Gasteiger partial charge in [0.15, 0.2) is 0 Å². The second kappa shape index (κ2) is 16.4. The van der Waals surface area contributed by atoms with Crippen LogP contribution in [0, 0.1) is 18.1 Å². The molecule has 0 N–H and O–H groups in total. The molecule has 1 aliphatic heterocycles. The van der Waals surface area contributed by atoms with Gasteiger partial charge < -0.3 is 14.0 Å². The molecule has 0 bridgehead atoms. The minimum atomic E-state index is -0.653. The molecule has 7 aromatic rings. The standard InChI is InChI=1S/C55H59N3O2.Pt/c1-35(2)39-29-40(51-57-54(11,55(12,60-51)36(3)4)50(37-19-15-13-16-20-37)38-21-17-14-18-22-38)31-44(30-39)59-43-24-25-45-46-32-41(52(5,6)7)23-26-47(46)58(48(45)34-43)49-33-42(27-28-56-49)53(8,9)10;/h13-30,32-33,35-36,50H,1-12H3;/q-2;+2/t54-,55-;/m1./s1. The summed E-state index contributed by atoms with van der Waals surface area (Å²) in [6.07, 6.45) is 1.91. The van der Waals surface area contributed by atoms with E-state index in [0.717, 1.165) is 38.8 Å². The van der Waals surface area contributed by atoms with E-state index in [1.165, 1.54) is 22.3 Å². The quantitative estimate of drug-likeness (QED) is 0.135. The molecule has 5 aromatic carbocycles. The third kappa shape index (κ3) is 8.12. The van der Waals surface area contributed by atoms with E-state index in [0.29, 0.717) is 17.4 Å². The van der Waals surface area contributed by atoms with E-state index in [1.54, 1.807) is 0 Å². The molecule has 0 saturated heterocycles. The van der Waals surface area contributed by atoms with E-state index in [1.807, 2.05) is 12.3 Å². The fraction of sp³-hybridized carbons (Fsp3) is 0.345. The maximum absolute atomic E-state index is 7.14. The Hall–Kier alpha value is -4.99. The third-order valence-corrected chi connectivity index (χ3v) is 12.9. The van der Waals surface area contributed by atoms with Crippen molar-refractivity contribution < 1.29 is 30.5 Å². The summed E-state index contributed by atoms with van der Waals surface area (Å²) in [4.78, 5) is 10.5. The van der Waals surface area contributed by atoms with Gasteiger partial charge in [-0.1, -0.05) is 165 Å². The van der Waals surface area contributed by atoms with E-state index >= 15 is 0 Å². The number of hydrogen-bond acceptors (Lipinski definition) is 4. The molecule has 0 amide bonds. The van der Waals surface area contributed by atoms with Crippen LogP contribution in [0.25, 0.3) is 27.6 Å². The molecule has 61 heavy (non-hydrogen) atoms. The Bertz CT molecular complexity index is 2680. The molecule has 0 unspecified atom stereocenters. The van der Waals surface area contributed by atoms with Gasteiger partial charge in [-0.2, -0.15) is 6.07 Å². The van der Waals surface area contributed by atoms with E-state index in [9.17, 15) is 0 Å². The zero-order chi connectivity index (χ0) is 42.8. The minimum absolute atomic E-state index is 0. The number of rotatable bonds is 9. The molecule has 0 fully saturated rings. The number of ether oxygens (including phenoxy) is 2. The van der Waals surface area contributed by atoms with Crippen LogP contribution in [-0.4, -0.2) is 26.6 Å². The molecular weight excluding hydrogens is 930 g/mol. The van der Waals surface area contributed by atoms with Gasteiger partial charge >= 0.3 is 21.1 Å². The Balaban J connectivity index is 0.00000561. The first kappa shape index (κ1) is 44.1. The van der Waals surface area contributed by atoms with Crippen molar-refractivity contribution in [2.75, 3.05) is 0 Å². The first-order chi connectivity index (χ1) is 28.4. The van der Waals surface area contributed by atoms with Crippen LogP contribution in [0.15, 0.2) is 126 Å². The molecule has 2 atom stereocenters. The van der Waals surface area contributed by atoms with Crippen molar-refractivity contribution >= 4 is 27.7 Å². The maximum Gasteiger partial charge on any atom is 2.00 e. The van der Waals surface area contributed by atoms with E-state index in [2.05, 4.69) is 209 Å². The van der Waals surface area contributed by atoms with Crippen molar-refractivity contribution in [1.82, 2.24) is 9.55 Å². The van der Waals surface area contributed by atoms with Crippen LogP contribution in [0.1, 0.15) is 128 Å². The normalized spacial score (nSPS) is 18.2. The van der Waals surface area contributed by atoms with Gasteiger partial charge in [0.25, 0.3) is 0 Å². The third-order valence-electron chi connectivity index (χ3n) is 12.9. The summed E-state index contributed by atoms with van der Waals surface area (Å²) in [7, 11) is 0. The summed E-state index contributed by atoms with van der Waals surface area (Å²) in [5.74, 6) is 2.93. The number of benzene rings is 5. The molecule has 3 heterocycles. The van der Waals surface area contributed by atoms with Crippen molar-refractivity contribution in [2.45, 2.75) is 117 Å². The van der Waals surface area contributed by atoms with Crippen LogP contribution in [0.5, 0.6) is 11.5 Å². The maximum atomic E-state index is 7.14. The average molecular weight is 989 g/mol. The van der Waals surface area contributed by atoms with Gasteiger partial charge in [-0.15, -0.1) is 29.1 Å². The van der Waals surface area contributed by atoms with Gasteiger partial charge in [0.1, 0.15) is 22.9 Å². The Kier molecular flexibility index (Phi) is 11.8. The van der Waals surface area contributed by atoms with E-state index < -0.39 is 11.1 Å². The van der Waals surface area contributed by atoms with Crippen LogP contribution in [0.3, 0.4) is 0 Å². The second-order valence-electron chi connectivity index (χ2n) is 19.7. The van der Waals surface area contributed by atoms with Crippen molar-refractivity contribution in [3.05, 3.63) is 167 Å². The monoisotopic (exact) mass is 988 g/mol. The first-order valence-corrected chi connectivity index (χ1v) is 21.5. The topological polar surface area (TPSA) is 48.6 Å². The summed E-state index contributed by atoms with van der Waals surface area (Å²) in [5, 5.41) is 2.26. The van der Waals surface area contributed by atoms with Gasteiger partial charge in [-0.3, -0.25) is 4.99 Å². The summed E-state index contributed by atoms with van der Waals surface area (Å²) < 4.78 is 16.2. The number of aromatic nitrogens is 2. The summed E-state index contributed by atoms with van der Waals surface area (Å²) >= 11 is 0. The van der Waals surface area contributed by atoms with Crippen molar-refractivity contribution in [2.24, 2.45) is 10.9 Å². The Morgan fingerprint density at radius 1 is 0.656 bits per heavy atom. The Morgan fingerprint density at radius 3 is 1.87 bits per heavy atom. The molecule has 5 nitrogen and oxygen atoms in total. The number of pyridine rings is 1. The van der Waals surface area contributed by atoms with Crippen LogP contribution < -0.4 is 4.74 Å². The molecule has 0 aliphatic carbocycles. The molecule has 316 valence electrons. The number of nitrogens with zero attached hydrogens (tertiary/aromatic N) is 3. The summed E-state index contributed by atoms with van der Waals surface area (Å²) in [6, 6.07) is 48.3. The molecule has 0 saturated carbocycles. The molecule has 0 spiro atoms. The summed E-state index contributed by atoms with van der Waals surface area (Å²) in [6.45, 7) is 26.8. The van der Waals surface area contributed by atoms with Crippen molar-refractivity contribution in [1.29, 1.82) is 0 Å². The predicted octanol–water partition coefficient (Wildman–Crippen LogP) is 14.1. The van der Waals surface area contributed by atoms with Gasteiger partial charge in [0.2, 0.25) is 0 Å². The van der Waals surface area contributed by atoms with Crippen LogP contribution in [-0.2, 0) is 36.6 Å². The Morgan fingerprint density at radius 2 is 1.28 bits per heavy atom. The van der Waals surface area contributed by atoms with E-state index in [4.69, 9.17) is 19.5 Å². The van der Waals surface area contributed by atoms with E-state index in [-0.39, 0.29) is 49.6 Å². The number of fused-ring (bicyclic) bond motifs is 3. The molecular formula is C55H59N3O2Pt. The second-order valence-corrected chi connectivity index (χ2v) is 19.7. The molecule has 0 radical (unpaired) electrons. The van der Waals surface area contributed by atoms with Gasteiger partial charge in [-0.05, 0) is 82.4 Å². The first-order valence-electron chi connectivity index (χ1n) is 21.5. The van der Waals surface area contributed by atoms with Gasteiger partial charge in [-0.25, -0.2) is 4.98 Å². The van der Waals surface area contributed by atoms with Crippen LogP contribution in [0.2, 0.25) is 0 Å². The van der Waals surface area contributed by atoms with Crippen LogP contribution >= 0.6 is 0 Å². The Labute approximate surface area is 377 Å². The predicted molar refractivity (Wildman–Crippen MR) is 248 cm³/mol.